The normalized spacial score (nSPS) is 19.2. The zero-order chi connectivity index (χ0) is 23.7. The number of nitrogens with one attached hydrogen (secondary N) is 2. The van der Waals surface area contributed by atoms with Crippen LogP contribution in [0.3, 0.4) is 0 Å². The largest absolute Gasteiger partial charge is 0.421 e. The van der Waals surface area contributed by atoms with E-state index in [0.29, 0.717) is 31.1 Å². The number of halogens is 3. The molecular formula is C19H23F3N6O3S. The number of hydrogen-bond donors (Lipinski definition) is 3. The van der Waals surface area contributed by atoms with Gasteiger partial charge in [0.1, 0.15) is 11.4 Å². The SMILES string of the molecule is CN(C)S(=O)(=O)c1ccc(Nc2ncc(C(F)(F)F)c(NC3CCC[C@@H]3C(N)=O)n2)cc1. The number of anilines is 3. The topological polar surface area (TPSA) is 130 Å². The molecule has 0 radical (unpaired) electrons. The van der Waals surface area contributed by atoms with Gasteiger partial charge in [-0.15, -0.1) is 0 Å². The molecule has 0 bridgehead atoms. The Morgan fingerprint density at radius 3 is 2.41 bits per heavy atom. The van der Waals surface area contributed by atoms with E-state index in [2.05, 4.69) is 20.6 Å². The van der Waals surface area contributed by atoms with Crippen LogP contribution in [0.15, 0.2) is 35.4 Å². The third-order valence-electron chi connectivity index (χ3n) is 5.19. The zero-order valence-electron chi connectivity index (χ0n) is 17.3. The molecule has 174 valence electrons. The average Bonchev–Trinajstić information content (AvgIpc) is 3.16. The van der Waals surface area contributed by atoms with Crippen molar-refractivity contribution in [3.8, 4) is 0 Å². The Hall–Kier alpha value is -2.93. The van der Waals surface area contributed by atoms with Gasteiger partial charge < -0.3 is 16.4 Å². The summed E-state index contributed by atoms with van der Waals surface area (Å²) in [6.07, 6.45) is -2.42. The van der Waals surface area contributed by atoms with Crippen molar-refractivity contribution >= 4 is 33.4 Å². The van der Waals surface area contributed by atoms with Gasteiger partial charge in [0.2, 0.25) is 21.9 Å². The summed E-state index contributed by atoms with van der Waals surface area (Å²) >= 11 is 0. The first-order chi connectivity index (χ1) is 14.9. The number of carbonyl (C=O) groups excluding carboxylic acids is 1. The number of benzene rings is 1. The van der Waals surface area contributed by atoms with Crippen molar-refractivity contribution in [1.29, 1.82) is 0 Å². The van der Waals surface area contributed by atoms with Gasteiger partial charge in [0.15, 0.2) is 0 Å². The van der Waals surface area contributed by atoms with Crippen molar-refractivity contribution in [1.82, 2.24) is 14.3 Å². The van der Waals surface area contributed by atoms with Crippen molar-refractivity contribution in [3.63, 3.8) is 0 Å². The van der Waals surface area contributed by atoms with Crippen molar-refractivity contribution < 1.29 is 26.4 Å². The molecule has 1 heterocycles. The predicted molar refractivity (Wildman–Crippen MR) is 112 cm³/mol. The highest BCUT2D eigenvalue weighted by Crippen LogP contribution is 2.36. The standard InChI is InChI=1S/C19H23F3N6O3S/c1-28(2)32(30,31)12-8-6-11(7-9-12)25-18-24-10-14(19(20,21)22)17(27-18)26-15-5-3-4-13(15)16(23)29/h6-10,13,15H,3-5H2,1-2H3,(H2,23,29)(H2,24,25,26,27)/t13-,15?/m0/s1. The van der Waals surface area contributed by atoms with Crippen LogP contribution in [0.1, 0.15) is 24.8 Å². The van der Waals surface area contributed by atoms with E-state index in [1.807, 2.05) is 0 Å². The van der Waals surface area contributed by atoms with Crippen LogP contribution in [0, 0.1) is 5.92 Å². The van der Waals surface area contributed by atoms with Gasteiger partial charge in [-0.1, -0.05) is 6.42 Å². The first kappa shape index (κ1) is 23.7. The molecule has 1 saturated carbocycles. The second-order valence-corrected chi connectivity index (χ2v) is 9.73. The minimum absolute atomic E-state index is 0.0578. The lowest BCUT2D eigenvalue weighted by Gasteiger charge is -2.22. The fourth-order valence-corrected chi connectivity index (χ4v) is 4.36. The van der Waals surface area contributed by atoms with E-state index in [4.69, 9.17) is 5.73 Å². The predicted octanol–water partition coefficient (Wildman–Crippen LogP) is 2.56. The Morgan fingerprint density at radius 2 is 1.84 bits per heavy atom. The first-order valence-corrected chi connectivity index (χ1v) is 11.1. The third kappa shape index (κ3) is 5.10. The molecule has 1 fully saturated rings. The van der Waals surface area contributed by atoms with Crippen LogP contribution in [-0.2, 0) is 21.0 Å². The quantitative estimate of drug-likeness (QED) is 0.565. The average molecular weight is 472 g/mol. The van der Waals surface area contributed by atoms with Crippen molar-refractivity contribution in [3.05, 3.63) is 36.0 Å². The van der Waals surface area contributed by atoms with Gasteiger partial charge >= 0.3 is 6.18 Å². The van der Waals surface area contributed by atoms with E-state index < -0.39 is 45.4 Å². The zero-order valence-corrected chi connectivity index (χ0v) is 18.2. The minimum atomic E-state index is -4.70. The number of hydrogen-bond acceptors (Lipinski definition) is 7. The van der Waals surface area contributed by atoms with E-state index >= 15 is 0 Å². The smallest absolute Gasteiger partial charge is 0.369 e. The number of rotatable bonds is 7. The number of sulfonamides is 1. The van der Waals surface area contributed by atoms with Gasteiger partial charge in [-0.3, -0.25) is 4.79 Å². The van der Waals surface area contributed by atoms with E-state index in [1.54, 1.807) is 0 Å². The van der Waals surface area contributed by atoms with Crippen molar-refractivity contribution in [2.45, 2.75) is 36.4 Å². The molecule has 3 rings (SSSR count). The number of amides is 1. The van der Waals surface area contributed by atoms with Crippen LogP contribution in [-0.4, -0.2) is 48.7 Å². The Morgan fingerprint density at radius 1 is 1.19 bits per heavy atom. The molecule has 2 atom stereocenters. The monoisotopic (exact) mass is 472 g/mol. The molecule has 1 unspecified atom stereocenters. The van der Waals surface area contributed by atoms with Crippen LogP contribution < -0.4 is 16.4 Å². The Kier molecular flexibility index (Phi) is 6.60. The minimum Gasteiger partial charge on any atom is -0.369 e. The van der Waals surface area contributed by atoms with Crippen LogP contribution in [0.2, 0.25) is 0 Å². The fraction of sp³-hybridized carbons (Fsp3) is 0.421. The van der Waals surface area contributed by atoms with Crippen LogP contribution >= 0.6 is 0 Å². The van der Waals surface area contributed by atoms with E-state index in [-0.39, 0.29) is 10.8 Å². The maximum atomic E-state index is 13.5. The molecule has 4 N–H and O–H groups in total. The highest BCUT2D eigenvalue weighted by molar-refractivity contribution is 7.89. The summed E-state index contributed by atoms with van der Waals surface area (Å²) in [7, 11) is -0.815. The number of nitrogens with two attached hydrogens (primary N) is 1. The number of aromatic nitrogens is 2. The molecular weight excluding hydrogens is 449 g/mol. The summed E-state index contributed by atoms with van der Waals surface area (Å²) in [5, 5.41) is 5.48. The Bertz CT molecular complexity index is 1090. The summed E-state index contributed by atoms with van der Waals surface area (Å²) in [6.45, 7) is 0. The molecule has 1 amide bonds. The molecule has 0 saturated heterocycles. The van der Waals surface area contributed by atoms with E-state index in [9.17, 15) is 26.4 Å². The lowest BCUT2D eigenvalue weighted by Crippen LogP contribution is -2.35. The number of carbonyl (C=O) groups is 1. The maximum Gasteiger partial charge on any atom is 0.421 e. The fourth-order valence-electron chi connectivity index (χ4n) is 3.46. The van der Waals surface area contributed by atoms with Gasteiger partial charge in [0.25, 0.3) is 0 Å². The van der Waals surface area contributed by atoms with Crippen LogP contribution in [0.4, 0.5) is 30.6 Å². The summed E-state index contributed by atoms with van der Waals surface area (Å²) in [5.74, 6) is -1.75. The molecule has 1 aromatic heterocycles. The van der Waals surface area contributed by atoms with Crippen molar-refractivity contribution in [2.75, 3.05) is 24.7 Å². The second kappa shape index (κ2) is 8.90. The molecule has 1 aliphatic rings. The summed E-state index contributed by atoms with van der Waals surface area (Å²) in [5.41, 5.74) is 4.68. The van der Waals surface area contributed by atoms with Gasteiger partial charge in [-0.05, 0) is 37.1 Å². The second-order valence-electron chi connectivity index (χ2n) is 7.58. The Labute approximate surface area is 183 Å². The molecule has 32 heavy (non-hydrogen) atoms. The highest BCUT2D eigenvalue weighted by atomic mass is 32.2. The van der Waals surface area contributed by atoms with Gasteiger partial charge in [-0.2, -0.15) is 18.2 Å². The van der Waals surface area contributed by atoms with Crippen LogP contribution in [0.25, 0.3) is 0 Å². The Balaban J connectivity index is 1.87. The van der Waals surface area contributed by atoms with Gasteiger partial charge in [-0.25, -0.2) is 17.7 Å². The molecule has 1 aromatic carbocycles. The maximum absolute atomic E-state index is 13.5. The highest BCUT2D eigenvalue weighted by Gasteiger charge is 2.38. The third-order valence-corrected chi connectivity index (χ3v) is 7.02. The number of nitrogens with zero attached hydrogens (tertiary/aromatic N) is 3. The lowest BCUT2D eigenvalue weighted by atomic mass is 10.0. The first-order valence-electron chi connectivity index (χ1n) is 9.69. The van der Waals surface area contributed by atoms with E-state index in [0.717, 1.165) is 4.31 Å². The summed E-state index contributed by atoms with van der Waals surface area (Å²) in [4.78, 5) is 19.3. The summed E-state index contributed by atoms with van der Waals surface area (Å²) in [6, 6.07) is 5.05. The molecule has 0 spiro atoms. The number of primary amides is 1. The molecule has 0 aliphatic heterocycles. The van der Waals surface area contributed by atoms with Gasteiger partial charge in [0.05, 0.1) is 10.8 Å². The molecule has 13 heteroatoms. The molecule has 2 aromatic rings. The lowest BCUT2D eigenvalue weighted by molar-refractivity contribution is -0.137. The number of alkyl halides is 3. The van der Waals surface area contributed by atoms with Crippen LogP contribution in [0.5, 0.6) is 0 Å². The molecule has 9 nitrogen and oxygen atoms in total. The summed E-state index contributed by atoms with van der Waals surface area (Å²) < 4.78 is 65.8. The molecule has 1 aliphatic carbocycles. The van der Waals surface area contributed by atoms with Gasteiger partial charge in [0, 0.05) is 32.0 Å². The van der Waals surface area contributed by atoms with Crippen molar-refractivity contribution in [2.24, 2.45) is 11.7 Å². The van der Waals surface area contributed by atoms with E-state index in [1.165, 1.54) is 38.4 Å².